The van der Waals surface area contributed by atoms with Crippen LogP contribution in [-0.4, -0.2) is 16.2 Å². The number of carbonyl (C=O) groups is 1. The highest BCUT2D eigenvalue weighted by Gasteiger charge is 2.13. The van der Waals surface area contributed by atoms with E-state index in [0.29, 0.717) is 12.1 Å². The van der Waals surface area contributed by atoms with E-state index in [4.69, 9.17) is 5.73 Å². The van der Waals surface area contributed by atoms with Crippen molar-refractivity contribution in [3.8, 4) is 0 Å². The van der Waals surface area contributed by atoms with Crippen molar-refractivity contribution in [3.63, 3.8) is 0 Å². The number of nitrogens with two attached hydrogens (primary N) is 1. The maximum absolute atomic E-state index is 10.7. The molecule has 0 radical (unpaired) electrons. The average Bonchev–Trinajstić information content (AvgIpc) is 2.48. The average molecular weight is 169 g/mol. The molecule has 0 saturated heterocycles. The minimum Gasteiger partial charge on any atom is -0.364 e. The molecular formula is C7H11N3O2. The van der Waals surface area contributed by atoms with Gasteiger partial charge in [-0.15, -0.1) is 0 Å². The number of rotatable bonds is 4. The van der Waals surface area contributed by atoms with Gasteiger partial charge < -0.3 is 5.73 Å². The molecule has 1 rings (SSSR count). The topological polar surface area (TPSA) is 82.0 Å². The van der Waals surface area contributed by atoms with Crippen LogP contribution in [0.4, 0.5) is 0 Å². The molecule has 0 aliphatic carbocycles. The monoisotopic (exact) mass is 169 g/mol. The highest BCUT2D eigenvalue weighted by atomic mass is 16.6. The Labute approximate surface area is 69.9 Å². The Morgan fingerprint density at radius 1 is 1.58 bits per heavy atom. The predicted molar refractivity (Wildman–Crippen MR) is 41.4 cm³/mol. The van der Waals surface area contributed by atoms with Crippen molar-refractivity contribution < 1.29 is 9.42 Å². The van der Waals surface area contributed by atoms with Gasteiger partial charge in [0.15, 0.2) is 5.69 Å². The first-order valence-electron chi connectivity index (χ1n) is 3.87. The summed E-state index contributed by atoms with van der Waals surface area (Å²) in [5, 5.41) is 7.00. The number of nitrogens with zero attached hydrogens (tertiary/aromatic N) is 2. The summed E-state index contributed by atoms with van der Waals surface area (Å²) in [6, 6.07) is 0. The summed E-state index contributed by atoms with van der Waals surface area (Å²) in [6.45, 7) is 2.05. The van der Waals surface area contributed by atoms with Crippen LogP contribution in [0.15, 0.2) is 4.63 Å². The first-order valence-corrected chi connectivity index (χ1v) is 3.87. The molecule has 1 aromatic rings. The van der Waals surface area contributed by atoms with Gasteiger partial charge in [-0.3, -0.25) is 4.79 Å². The fourth-order valence-corrected chi connectivity index (χ4v) is 0.902. The van der Waals surface area contributed by atoms with Gasteiger partial charge >= 0.3 is 0 Å². The first kappa shape index (κ1) is 8.70. The van der Waals surface area contributed by atoms with Crippen molar-refractivity contribution in [3.05, 3.63) is 11.4 Å². The lowest BCUT2D eigenvalue weighted by Gasteiger charge is -1.92. The summed E-state index contributed by atoms with van der Waals surface area (Å²) in [4.78, 5) is 10.7. The van der Waals surface area contributed by atoms with Gasteiger partial charge in [0.05, 0.1) is 0 Å². The zero-order chi connectivity index (χ0) is 8.97. The number of carbonyl (C=O) groups excluding carboxylic acids is 1. The number of unbranched alkanes of at least 4 members (excludes halogenated alkanes) is 1. The van der Waals surface area contributed by atoms with Crippen molar-refractivity contribution >= 4 is 5.91 Å². The van der Waals surface area contributed by atoms with Crippen LogP contribution in [0.5, 0.6) is 0 Å². The van der Waals surface area contributed by atoms with E-state index in [1.807, 2.05) is 0 Å². The van der Waals surface area contributed by atoms with E-state index in [1.165, 1.54) is 0 Å². The molecule has 0 aliphatic rings. The lowest BCUT2D eigenvalue weighted by atomic mass is 10.1. The summed E-state index contributed by atoms with van der Waals surface area (Å²) < 4.78 is 4.40. The third kappa shape index (κ3) is 1.81. The molecule has 1 aromatic heterocycles. The van der Waals surface area contributed by atoms with E-state index >= 15 is 0 Å². The van der Waals surface area contributed by atoms with E-state index in [1.54, 1.807) is 0 Å². The van der Waals surface area contributed by atoms with E-state index in [9.17, 15) is 4.79 Å². The Morgan fingerprint density at radius 3 is 2.92 bits per heavy atom. The minimum atomic E-state index is -0.581. The van der Waals surface area contributed by atoms with Crippen molar-refractivity contribution in [1.29, 1.82) is 0 Å². The standard InChI is InChI=1S/C7H11N3O2/c1-2-3-4-5-6(7(8)11)10-12-9-5/h2-4H2,1H3,(H2,8,11). The molecule has 0 aliphatic heterocycles. The van der Waals surface area contributed by atoms with Crippen LogP contribution in [0.3, 0.4) is 0 Å². The summed E-state index contributed by atoms with van der Waals surface area (Å²) in [5.41, 5.74) is 5.74. The van der Waals surface area contributed by atoms with Crippen LogP contribution in [0, 0.1) is 0 Å². The lowest BCUT2D eigenvalue weighted by Crippen LogP contribution is -2.13. The number of primary amides is 1. The number of amides is 1. The molecule has 0 fully saturated rings. The quantitative estimate of drug-likeness (QED) is 0.711. The Balaban J connectivity index is 2.70. The van der Waals surface area contributed by atoms with Crippen LogP contribution < -0.4 is 5.73 Å². The van der Waals surface area contributed by atoms with Gasteiger partial charge in [0, 0.05) is 0 Å². The Hall–Kier alpha value is -1.39. The fourth-order valence-electron chi connectivity index (χ4n) is 0.902. The maximum atomic E-state index is 10.7. The zero-order valence-electron chi connectivity index (χ0n) is 6.91. The normalized spacial score (nSPS) is 10.1. The van der Waals surface area contributed by atoms with Crippen molar-refractivity contribution in [2.75, 3.05) is 0 Å². The number of aryl methyl sites for hydroxylation is 1. The molecule has 66 valence electrons. The van der Waals surface area contributed by atoms with Gasteiger partial charge in [-0.05, 0) is 18.0 Å². The third-order valence-electron chi connectivity index (χ3n) is 1.56. The molecule has 5 nitrogen and oxygen atoms in total. The van der Waals surface area contributed by atoms with Crippen LogP contribution in [0.2, 0.25) is 0 Å². The van der Waals surface area contributed by atoms with Crippen LogP contribution in [-0.2, 0) is 6.42 Å². The molecule has 2 N–H and O–H groups in total. The highest BCUT2D eigenvalue weighted by molar-refractivity contribution is 5.91. The molecule has 12 heavy (non-hydrogen) atoms. The van der Waals surface area contributed by atoms with Gasteiger partial charge in [-0.25, -0.2) is 4.63 Å². The number of aromatic nitrogens is 2. The molecule has 1 amide bonds. The van der Waals surface area contributed by atoms with Crippen LogP contribution >= 0.6 is 0 Å². The summed E-state index contributed by atoms with van der Waals surface area (Å²) in [5.74, 6) is -0.581. The Morgan fingerprint density at radius 2 is 2.33 bits per heavy atom. The number of hydrogen-bond acceptors (Lipinski definition) is 4. The second kappa shape index (κ2) is 3.85. The summed E-state index contributed by atoms with van der Waals surface area (Å²) in [6.07, 6.45) is 2.68. The van der Waals surface area contributed by atoms with E-state index in [0.717, 1.165) is 12.8 Å². The lowest BCUT2D eigenvalue weighted by molar-refractivity contribution is 0.0990. The largest absolute Gasteiger partial charge is 0.364 e. The Kier molecular flexibility index (Phi) is 2.79. The molecule has 1 heterocycles. The van der Waals surface area contributed by atoms with Crippen molar-refractivity contribution in [2.24, 2.45) is 5.73 Å². The number of hydrogen-bond donors (Lipinski definition) is 1. The second-order valence-electron chi connectivity index (χ2n) is 2.53. The maximum Gasteiger partial charge on any atom is 0.272 e. The van der Waals surface area contributed by atoms with Gasteiger partial charge in [-0.1, -0.05) is 18.5 Å². The van der Waals surface area contributed by atoms with Gasteiger partial charge in [-0.2, -0.15) is 0 Å². The molecule has 0 spiro atoms. The summed E-state index contributed by atoms with van der Waals surface area (Å²) in [7, 11) is 0. The minimum absolute atomic E-state index is 0.156. The van der Waals surface area contributed by atoms with E-state index < -0.39 is 5.91 Å². The highest BCUT2D eigenvalue weighted by Crippen LogP contribution is 2.05. The van der Waals surface area contributed by atoms with Gasteiger partial charge in [0.2, 0.25) is 0 Å². The molecule has 0 saturated carbocycles. The molecule has 5 heteroatoms. The molecule has 0 unspecified atom stereocenters. The zero-order valence-corrected chi connectivity index (χ0v) is 6.91. The van der Waals surface area contributed by atoms with E-state index in [-0.39, 0.29) is 5.69 Å². The van der Waals surface area contributed by atoms with Crippen molar-refractivity contribution in [1.82, 2.24) is 10.3 Å². The molecule has 0 atom stereocenters. The smallest absolute Gasteiger partial charge is 0.272 e. The third-order valence-corrected chi connectivity index (χ3v) is 1.56. The SMILES string of the molecule is CCCCc1nonc1C(N)=O. The van der Waals surface area contributed by atoms with Crippen LogP contribution in [0.1, 0.15) is 35.9 Å². The second-order valence-corrected chi connectivity index (χ2v) is 2.53. The van der Waals surface area contributed by atoms with Crippen LogP contribution in [0.25, 0.3) is 0 Å². The van der Waals surface area contributed by atoms with Gasteiger partial charge in [0.1, 0.15) is 5.69 Å². The Bertz CT molecular complexity index is 269. The van der Waals surface area contributed by atoms with Gasteiger partial charge in [0.25, 0.3) is 5.91 Å². The molecular weight excluding hydrogens is 158 g/mol. The fraction of sp³-hybridized carbons (Fsp3) is 0.571. The first-order chi connectivity index (χ1) is 5.75. The van der Waals surface area contributed by atoms with E-state index in [2.05, 4.69) is 21.9 Å². The molecule has 0 bridgehead atoms. The molecule has 0 aromatic carbocycles. The van der Waals surface area contributed by atoms with Crippen molar-refractivity contribution in [2.45, 2.75) is 26.2 Å². The predicted octanol–water partition coefficient (Wildman–Crippen LogP) is 0.511. The summed E-state index contributed by atoms with van der Waals surface area (Å²) >= 11 is 0.